The largest absolute Gasteiger partial charge is 0.329 e. The molecule has 5 heteroatoms. The van der Waals surface area contributed by atoms with Gasteiger partial charge in [0.1, 0.15) is 0 Å². The highest BCUT2D eigenvalue weighted by Gasteiger charge is 2.14. The minimum atomic E-state index is 0.726. The number of piperazine rings is 1. The van der Waals surface area contributed by atoms with E-state index in [2.05, 4.69) is 15.1 Å². The SMILES string of the molecule is NCCNCCN1CCN(CCN)CC1. The van der Waals surface area contributed by atoms with Gasteiger partial charge in [0.25, 0.3) is 0 Å². The first-order valence-electron chi connectivity index (χ1n) is 5.92. The zero-order chi connectivity index (χ0) is 10.9. The molecule has 0 aromatic rings. The highest BCUT2D eigenvalue weighted by Crippen LogP contribution is 1.99. The molecular weight excluding hydrogens is 190 g/mol. The second-order valence-corrected chi connectivity index (χ2v) is 4.01. The van der Waals surface area contributed by atoms with E-state index in [1.54, 1.807) is 0 Å². The Morgan fingerprint density at radius 1 is 0.800 bits per heavy atom. The molecule has 0 aliphatic carbocycles. The van der Waals surface area contributed by atoms with Crippen molar-refractivity contribution in [2.45, 2.75) is 0 Å². The van der Waals surface area contributed by atoms with Gasteiger partial charge in [-0.1, -0.05) is 0 Å². The van der Waals surface area contributed by atoms with Gasteiger partial charge in [-0.25, -0.2) is 0 Å². The van der Waals surface area contributed by atoms with Crippen LogP contribution in [0.4, 0.5) is 0 Å². The first-order chi connectivity index (χ1) is 7.36. The van der Waals surface area contributed by atoms with Gasteiger partial charge >= 0.3 is 0 Å². The zero-order valence-electron chi connectivity index (χ0n) is 9.62. The maximum absolute atomic E-state index is 5.53. The van der Waals surface area contributed by atoms with E-state index in [1.807, 2.05) is 0 Å². The molecule has 1 aliphatic heterocycles. The summed E-state index contributed by atoms with van der Waals surface area (Å²) in [5, 5.41) is 3.32. The molecule has 0 radical (unpaired) electrons. The van der Waals surface area contributed by atoms with Crippen molar-refractivity contribution in [3.63, 3.8) is 0 Å². The van der Waals surface area contributed by atoms with E-state index in [0.717, 1.165) is 52.4 Å². The third-order valence-corrected chi connectivity index (χ3v) is 2.84. The molecule has 0 aromatic heterocycles. The van der Waals surface area contributed by atoms with E-state index in [-0.39, 0.29) is 0 Å². The summed E-state index contributed by atoms with van der Waals surface area (Å²) in [5.41, 5.74) is 10.9. The highest BCUT2D eigenvalue weighted by molar-refractivity contribution is 4.72. The lowest BCUT2D eigenvalue weighted by Crippen LogP contribution is -2.49. The Morgan fingerprint density at radius 2 is 1.40 bits per heavy atom. The Labute approximate surface area is 92.8 Å². The molecular formula is C10H25N5. The van der Waals surface area contributed by atoms with Crippen LogP contribution >= 0.6 is 0 Å². The smallest absolute Gasteiger partial charge is 0.0110 e. The van der Waals surface area contributed by atoms with E-state index in [9.17, 15) is 0 Å². The second-order valence-electron chi connectivity index (χ2n) is 4.01. The van der Waals surface area contributed by atoms with Gasteiger partial charge in [0.05, 0.1) is 0 Å². The zero-order valence-corrected chi connectivity index (χ0v) is 9.62. The molecule has 1 heterocycles. The lowest BCUT2D eigenvalue weighted by atomic mass is 10.3. The molecule has 1 aliphatic rings. The number of nitrogens with one attached hydrogen (secondary N) is 1. The number of nitrogens with two attached hydrogens (primary N) is 2. The van der Waals surface area contributed by atoms with Gasteiger partial charge in [0.15, 0.2) is 0 Å². The summed E-state index contributed by atoms with van der Waals surface area (Å²) in [5.74, 6) is 0. The average Bonchev–Trinajstić information content (AvgIpc) is 2.27. The Hall–Kier alpha value is -0.200. The quantitative estimate of drug-likeness (QED) is 0.433. The van der Waals surface area contributed by atoms with Crippen LogP contribution in [0.15, 0.2) is 0 Å². The van der Waals surface area contributed by atoms with Crippen molar-refractivity contribution in [1.29, 1.82) is 0 Å². The summed E-state index contributed by atoms with van der Waals surface area (Å²) in [7, 11) is 0. The van der Waals surface area contributed by atoms with E-state index >= 15 is 0 Å². The first-order valence-corrected chi connectivity index (χ1v) is 5.92. The molecule has 0 saturated carbocycles. The molecule has 0 spiro atoms. The monoisotopic (exact) mass is 215 g/mol. The fourth-order valence-electron chi connectivity index (χ4n) is 1.88. The van der Waals surface area contributed by atoms with Gasteiger partial charge in [-0.3, -0.25) is 9.80 Å². The molecule has 5 nitrogen and oxygen atoms in total. The van der Waals surface area contributed by atoms with Crippen LogP contribution < -0.4 is 16.8 Å². The summed E-state index contributed by atoms with van der Waals surface area (Å²) in [6, 6.07) is 0. The number of hydrogen-bond acceptors (Lipinski definition) is 5. The second kappa shape index (κ2) is 8.01. The van der Waals surface area contributed by atoms with Crippen LogP contribution in [0.2, 0.25) is 0 Å². The van der Waals surface area contributed by atoms with Crippen LogP contribution in [0.5, 0.6) is 0 Å². The predicted octanol–water partition coefficient (Wildman–Crippen LogP) is -1.89. The van der Waals surface area contributed by atoms with Crippen LogP contribution in [0.25, 0.3) is 0 Å². The third kappa shape index (κ3) is 5.44. The Morgan fingerprint density at radius 3 is 1.93 bits per heavy atom. The molecule has 1 fully saturated rings. The van der Waals surface area contributed by atoms with Crippen LogP contribution in [-0.4, -0.2) is 75.2 Å². The Bertz CT molecular complexity index is 142. The van der Waals surface area contributed by atoms with Gasteiger partial charge in [-0.05, 0) is 0 Å². The summed E-state index contributed by atoms with van der Waals surface area (Å²) in [6.07, 6.45) is 0. The summed E-state index contributed by atoms with van der Waals surface area (Å²) in [4.78, 5) is 4.93. The summed E-state index contributed by atoms with van der Waals surface area (Å²) in [6.45, 7) is 10.3. The minimum absolute atomic E-state index is 0.726. The van der Waals surface area contributed by atoms with Crippen molar-refractivity contribution in [1.82, 2.24) is 15.1 Å². The van der Waals surface area contributed by atoms with Crippen molar-refractivity contribution in [2.75, 3.05) is 65.4 Å². The van der Waals surface area contributed by atoms with E-state index in [1.165, 1.54) is 13.1 Å². The van der Waals surface area contributed by atoms with Crippen LogP contribution in [-0.2, 0) is 0 Å². The normalized spacial score (nSPS) is 19.6. The van der Waals surface area contributed by atoms with Crippen LogP contribution in [0, 0.1) is 0 Å². The topological polar surface area (TPSA) is 70.5 Å². The maximum Gasteiger partial charge on any atom is 0.0110 e. The van der Waals surface area contributed by atoms with E-state index in [0.29, 0.717) is 0 Å². The Kier molecular flexibility index (Phi) is 6.87. The molecule has 1 rings (SSSR count). The molecule has 0 atom stereocenters. The molecule has 0 unspecified atom stereocenters. The number of hydrogen-bond donors (Lipinski definition) is 3. The lowest BCUT2D eigenvalue weighted by Gasteiger charge is -2.34. The molecule has 0 amide bonds. The maximum atomic E-state index is 5.53. The first kappa shape index (κ1) is 12.9. The fraction of sp³-hybridized carbons (Fsp3) is 1.00. The van der Waals surface area contributed by atoms with Gasteiger partial charge in [0, 0.05) is 65.4 Å². The van der Waals surface area contributed by atoms with E-state index in [4.69, 9.17) is 11.5 Å². The van der Waals surface area contributed by atoms with Crippen LogP contribution in [0.3, 0.4) is 0 Å². The predicted molar refractivity (Wildman–Crippen MR) is 63.9 cm³/mol. The fourth-order valence-corrected chi connectivity index (χ4v) is 1.88. The average molecular weight is 215 g/mol. The lowest BCUT2D eigenvalue weighted by molar-refractivity contribution is 0.136. The van der Waals surface area contributed by atoms with Gasteiger partial charge in [-0.2, -0.15) is 0 Å². The number of nitrogens with zero attached hydrogens (tertiary/aromatic N) is 2. The standard InChI is InChI=1S/C10H25N5/c11-1-3-13-4-6-15-9-7-14(5-2-12)8-10-15/h13H,1-12H2. The summed E-state index contributed by atoms with van der Waals surface area (Å²) < 4.78 is 0. The van der Waals surface area contributed by atoms with Crippen LogP contribution in [0.1, 0.15) is 0 Å². The molecule has 1 saturated heterocycles. The van der Waals surface area contributed by atoms with Gasteiger partial charge in [0.2, 0.25) is 0 Å². The molecule has 90 valence electrons. The molecule has 0 aromatic carbocycles. The molecule has 5 N–H and O–H groups in total. The minimum Gasteiger partial charge on any atom is -0.329 e. The van der Waals surface area contributed by atoms with Crippen molar-refractivity contribution in [2.24, 2.45) is 11.5 Å². The van der Waals surface area contributed by atoms with Crippen molar-refractivity contribution in [3.8, 4) is 0 Å². The van der Waals surface area contributed by atoms with Crippen molar-refractivity contribution >= 4 is 0 Å². The molecule has 15 heavy (non-hydrogen) atoms. The van der Waals surface area contributed by atoms with Gasteiger partial charge in [-0.15, -0.1) is 0 Å². The van der Waals surface area contributed by atoms with Crippen molar-refractivity contribution in [3.05, 3.63) is 0 Å². The van der Waals surface area contributed by atoms with E-state index < -0.39 is 0 Å². The molecule has 0 bridgehead atoms. The third-order valence-electron chi connectivity index (χ3n) is 2.84. The van der Waals surface area contributed by atoms with Gasteiger partial charge < -0.3 is 16.8 Å². The summed E-state index contributed by atoms with van der Waals surface area (Å²) >= 11 is 0. The Balaban J connectivity index is 1.99. The van der Waals surface area contributed by atoms with Crippen molar-refractivity contribution < 1.29 is 0 Å². The highest BCUT2D eigenvalue weighted by atomic mass is 15.3. The number of rotatable bonds is 7.